The lowest BCUT2D eigenvalue weighted by atomic mass is 10.2. The molecule has 1 amide bonds. The number of hydrogen-bond acceptors (Lipinski definition) is 5. The van der Waals surface area contributed by atoms with Gasteiger partial charge in [0, 0.05) is 58.4 Å². The van der Waals surface area contributed by atoms with Crippen LogP contribution < -0.4 is 14.9 Å². The molecule has 2 aliphatic heterocycles. The third-order valence-electron chi connectivity index (χ3n) is 4.57. The SMILES string of the molecule is CC(=O)N1CCc2ccc(S(=O)(=O)NCCN3CCNCC3)cc21.Cl.Cl. The predicted molar refractivity (Wildman–Crippen MR) is 107 cm³/mol. The van der Waals surface area contributed by atoms with Crippen molar-refractivity contribution in [3.63, 3.8) is 0 Å². The zero-order chi connectivity index (χ0) is 17.2. The molecule has 148 valence electrons. The Morgan fingerprint density at radius 3 is 2.54 bits per heavy atom. The molecular weight excluding hydrogens is 399 g/mol. The minimum Gasteiger partial charge on any atom is -0.314 e. The molecule has 1 aromatic carbocycles. The molecule has 0 saturated carbocycles. The van der Waals surface area contributed by atoms with Crippen molar-refractivity contribution in [3.05, 3.63) is 23.8 Å². The zero-order valence-corrected chi connectivity index (χ0v) is 17.2. The van der Waals surface area contributed by atoms with Crippen molar-refractivity contribution in [2.24, 2.45) is 0 Å². The first-order valence-electron chi connectivity index (χ1n) is 8.31. The van der Waals surface area contributed by atoms with E-state index in [9.17, 15) is 13.2 Å². The van der Waals surface area contributed by atoms with Crippen LogP contribution in [-0.2, 0) is 21.2 Å². The second-order valence-electron chi connectivity index (χ2n) is 6.20. The van der Waals surface area contributed by atoms with Crippen molar-refractivity contribution in [2.45, 2.75) is 18.2 Å². The lowest BCUT2D eigenvalue weighted by Crippen LogP contribution is -2.46. The number of carbonyl (C=O) groups is 1. The number of piperazine rings is 1. The van der Waals surface area contributed by atoms with Crippen LogP contribution in [0.25, 0.3) is 0 Å². The summed E-state index contributed by atoms with van der Waals surface area (Å²) in [4.78, 5) is 15.8. The summed E-state index contributed by atoms with van der Waals surface area (Å²) in [6.45, 7) is 6.97. The molecule has 1 aromatic rings. The van der Waals surface area contributed by atoms with E-state index in [0.717, 1.165) is 38.2 Å². The largest absolute Gasteiger partial charge is 0.314 e. The summed E-state index contributed by atoms with van der Waals surface area (Å²) in [5.74, 6) is -0.0602. The number of anilines is 1. The molecule has 0 aliphatic carbocycles. The number of nitrogens with one attached hydrogen (secondary N) is 2. The number of rotatable bonds is 5. The molecule has 0 bridgehead atoms. The van der Waals surface area contributed by atoms with E-state index in [1.54, 1.807) is 17.0 Å². The number of halogens is 2. The summed E-state index contributed by atoms with van der Waals surface area (Å²) in [6.07, 6.45) is 0.770. The highest BCUT2D eigenvalue weighted by Crippen LogP contribution is 2.30. The van der Waals surface area contributed by atoms with Gasteiger partial charge in [-0.2, -0.15) is 0 Å². The lowest BCUT2D eigenvalue weighted by Gasteiger charge is -2.27. The maximum atomic E-state index is 12.5. The Balaban J connectivity index is 0.00000169. The number of sulfonamides is 1. The minimum atomic E-state index is -3.56. The highest BCUT2D eigenvalue weighted by molar-refractivity contribution is 7.89. The number of amides is 1. The maximum Gasteiger partial charge on any atom is 0.240 e. The van der Waals surface area contributed by atoms with E-state index < -0.39 is 10.0 Å². The van der Waals surface area contributed by atoms with Gasteiger partial charge in [-0.15, -0.1) is 24.8 Å². The number of hydrogen-bond donors (Lipinski definition) is 2. The van der Waals surface area contributed by atoms with Gasteiger partial charge in [-0.3, -0.25) is 9.69 Å². The summed E-state index contributed by atoms with van der Waals surface area (Å²) >= 11 is 0. The second-order valence-corrected chi connectivity index (χ2v) is 7.97. The van der Waals surface area contributed by atoms with Crippen molar-refractivity contribution in [1.29, 1.82) is 0 Å². The normalized spacial score (nSPS) is 17.2. The quantitative estimate of drug-likeness (QED) is 0.723. The Kier molecular flexibility index (Phi) is 8.78. The Morgan fingerprint density at radius 2 is 1.88 bits per heavy atom. The van der Waals surface area contributed by atoms with Gasteiger partial charge in [0.2, 0.25) is 15.9 Å². The minimum absolute atomic E-state index is 0. The van der Waals surface area contributed by atoms with Gasteiger partial charge in [-0.25, -0.2) is 13.1 Å². The predicted octanol–water partition coefficient (Wildman–Crippen LogP) is 0.623. The van der Waals surface area contributed by atoms with E-state index in [1.807, 2.05) is 6.07 Å². The zero-order valence-electron chi connectivity index (χ0n) is 14.7. The molecular formula is C16H26Cl2N4O3S. The lowest BCUT2D eigenvalue weighted by molar-refractivity contribution is -0.116. The average Bonchev–Trinajstić information content (AvgIpc) is 2.99. The Bertz CT molecular complexity index is 724. The van der Waals surface area contributed by atoms with E-state index in [1.165, 1.54) is 6.92 Å². The summed E-state index contributed by atoms with van der Waals surface area (Å²) < 4.78 is 27.7. The number of nitrogens with zero attached hydrogens (tertiary/aromatic N) is 2. The van der Waals surface area contributed by atoms with Crippen molar-refractivity contribution in [1.82, 2.24) is 14.9 Å². The Hall–Kier alpha value is -0.900. The molecule has 0 unspecified atom stereocenters. The standard InChI is InChI=1S/C16H24N4O3S.2ClH/c1-13(21)20-8-4-14-2-3-15(12-16(14)20)24(22,23)18-7-11-19-9-5-17-6-10-19;;/h2-3,12,17-18H,4-11H2,1H3;2*1H. The smallest absolute Gasteiger partial charge is 0.240 e. The van der Waals surface area contributed by atoms with E-state index in [2.05, 4.69) is 14.9 Å². The third-order valence-corrected chi connectivity index (χ3v) is 6.03. The first kappa shape index (κ1) is 23.1. The topological polar surface area (TPSA) is 81.8 Å². The van der Waals surface area contributed by atoms with E-state index in [-0.39, 0.29) is 35.6 Å². The van der Waals surface area contributed by atoms with Crippen molar-refractivity contribution < 1.29 is 13.2 Å². The number of fused-ring (bicyclic) bond motifs is 1. The Morgan fingerprint density at radius 1 is 1.19 bits per heavy atom. The molecule has 2 aliphatic rings. The van der Waals surface area contributed by atoms with E-state index >= 15 is 0 Å². The first-order valence-corrected chi connectivity index (χ1v) is 9.79. The highest BCUT2D eigenvalue weighted by atomic mass is 35.5. The molecule has 1 saturated heterocycles. The summed E-state index contributed by atoms with van der Waals surface area (Å²) in [7, 11) is -3.56. The van der Waals surface area contributed by atoms with Gasteiger partial charge in [0.15, 0.2) is 0 Å². The van der Waals surface area contributed by atoms with Gasteiger partial charge >= 0.3 is 0 Å². The molecule has 3 rings (SSSR count). The van der Waals surface area contributed by atoms with Gasteiger partial charge in [0.05, 0.1) is 4.90 Å². The monoisotopic (exact) mass is 424 g/mol. The van der Waals surface area contributed by atoms with Gasteiger partial charge in [-0.1, -0.05) is 6.07 Å². The second kappa shape index (κ2) is 9.87. The van der Waals surface area contributed by atoms with Gasteiger partial charge in [-0.05, 0) is 24.1 Å². The van der Waals surface area contributed by atoms with Crippen LogP contribution in [0.4, 0.5) is 5.69 Å². The molecule has 26 heavy (non-hydrogen) atoms. The summed E-state index contributed by atoms with van der Waals surface area (Å²) in [5.41, 5.74) is 1.73. The molecule has 0 spiro atoms. The van der Waals surface area contributed by atoms with Crippen LogP contribution in [0.15, 0.2) is 23.1 Å². The fourth-order valence-corrected chi connectivity index (χ4v) is 4.25. The highest BCUT2D eigenvalue weighted by Gasteiger charge is 2.25. The third kappa shape index (κ3) is 5.31. The molecule has 1 fully saturated rings. The molecule has 0 radical (unpaired) electrons. The van der Waals surface area contributed by atoms with Crippen LogP contribution in [0.3, 0.4) is 0 Å². The van der Waals surface area contributed by atoms with Crippen molar-refractivity contribution in [2.75, 3.05) is 50.7 Å². The van der Waals surface area contributed by atoms with Gasteiger partial charge < -0.3 is 10.2 Å². The number of benzene rings is 1. The van der Waals surface area contributed by atoms with Crippen LogP contribution in [0.5, 0.6) is 0 Å². The number of carbonyl (C=O) groups excluding carboxylic acids is 1. The van der Waals surface area contributed by atoms with Crippen molar-refractivity contribution >= 4 is 46.4 Å². The molecule has 2 heterocycles. The van der Waals surface area contributed by atoms with Gasteiger partial charge in [0.1, 0.15) is 0 Å². The molecule has 0 atom stereocenters. The van der Waals surface area contributed by atoms with Crippen LogP contribution in [-0.4, -0.2) is 65.0 Å². The van der Waals surface area contributed by atoms with Crippen LogP contribution in [0.1, 0.15) is 12.5 Å². The molecule has 2 N–H and O–H groups in total. The van der Waals surface area contributed by atoms with Gasteiger partial charge in [0.25, 0.3) is 0 Å². The molecule has 7 nitrogen and oxygen atoms in total. The van der Waals surface area contributed by atoms with Crippen LogP contribution in [0.2, 0.25) is 0 Å². The summed E-state index contributed by atoms with van der Waals surface area (Å²) in [6, 6.07) is 5.04. The van der Waals surface area contributed by atoms with Crippen molar-refractivity contribution in [3.8, 4) is 0 Å². The van der Waals surface area contributed by atoms with E-state index in [4.69, 9.17) is 0 Å². The van der Waals surface area contributed by atoms with E-state index in [0.29, 0.717) is 25.3 Å². The fourth-order valence-electron chi connectivity index (χ4n) is 3.21. The Labute approximate surface area is 167 Å². The maximum absolute atomic E-state index is 12.5. The van der Waals surface area contributed by atoms with Crippen LogP contribution in [0, 0.1) is 0 Å². The average molecular weight is 425 g/mol. The molecule has 10 heteroatoms. The van der Waals surface area contributed by atoms with Crippen LogP contribution >= 0.6 is 24.8 Å². The molecule has 0 aromatic heterocycles. The fraction of sp³-hybridized carbons (Fsp3) is 0.562. The first-order chi connectivity index (χ1) is 11.5. The summed E-state index contributed by atoms with van der Waals surface area (Å²) in [5, 5.41) is 3.27.